The summed E-state index contributed by atoms with van der Waals surface area (Å²) in [7, 11) is 3.69. The second-order valence-electron chi connectivity index (χ2n) is 12.9. The van der Waals surface area contributed by atoms with Gasteiger partial charge in [0.1, 0.15) is 11.9 Å². The number of likely N-dealkylation sites (N-methyl/N-ethyl adjacent to an activating group) is 1. The van der Waals surface area contributed by atoms with E-state index in [0.717, 1.165) is 52.0 Å². The van der Waals surface area contributed by atoms with Crippen LogP contribution in [0.2, 0.25) is 0 Å². The Morgan fingerprint density at radius 1 is 1.04 bits per heavy atom. The number of anilines is 1. The summed E-state index contributed by atoms with van der Waals surface area (Å²) in [6, 6.07) is 20.8. The number of nitrogens with zero attached hydrogens (tertiary/aromatic N) is 5. The molecule has 0 radical (unpaired) electrons. The SMILES string of the molecule is CCCN(Cc1nc2ccc(-c3cnc(-c4ccc(C)c(NC(=O)[C@@H]5CCCN5C(=O)CN(C)C)c4)o3)cc2[nH]1)C(=O)Cc1ccccc1. The molecule has 11 heteroatoms. The van der Waals surface area contributed by atoms with Crippen molar-refractivity contribution in [1.82, 2.24) is 29.7 Å². The maximum Gasteiger partial charge on any atom is 0.247 e. The molecule has 6 rings (SSSR count). The first-order valence-corrected chi connectivity index (χ1v) is 16.8. The zero-order chi connectivity index (χ0) is 34.5. The zero-order valence-electron chi connectivity index (χ0n) is 28.5. The Balaban J connectivity index is 1.15. The monoisotopic (exact) mass is 661 g/mol. The predicted molar refractivity (Wildman–Crippen MR) is 190 cm³/mol. The molecule has 0 saturated carbocycles. The number of carbonyl (C=O) groups is 3. The lowest BCUT2D eigenvalue weighted by atomic mass is 10.1. The van der Waals surface area contributed by atoms with Crippen molar-refractivity contribution in [1.29, 1.82) is 0 Å². The standard InChI is InChI=1S/C38H43N7O4/c1-5-17-44(35(46)19-26-10-7-6-8-11-26)23-34-40-29-16-15-27(20-31(29)41-34)33-22-39-38(49-33)28-14-13-25(2)30(21-28)42-37(48)32-12-9-18-45(32)36(47)24-43(3)4/h6-8,10-11,13-16,20-22,32H,5,9,12,17-19,23-24H2,1-4H3,(H,40,41)(H,42,48)/t32-/m0/s1. The molecule has 1 aliphatic rings. The van der Waals surface area contributed by atoms with Gasteiger partial charge in [-0.25, -0.2) is 9.97 Å². The molecule has 3 aromatic carbocycles. The summed E-state index contributed by atoms with van der Waals surface area (Å²) in [5.74, 6) is 1.56. The minimum atomic E-state index is -0.494. The number of oxazole rings is 1. The van der Waals surface area contributed by atoms with Crippen LogP contribution in [0.5, 0.6) is 0 Å². The summed E-state index contributed by atoms with van der Waals surface area (Å²) in [6.07, 6.45) is 4.32. The van der Waals surface area contributed by atoms with Gasteiger partial charge in [0.15, 0.2) is 5.76 Å². The highest BCUT2D eigenvalue weighted by molar-refractivity contribution is 5.98. The first-order chi connectivity index (χ1) is 23.7. The van der Waals surface area contributed by atoms with Gasteiger partial charge in [0, 0.05) is 29.9 Å². The van der Waals surface area contributed by atoms with Crippen molar-refractivity contribution in [3.63, 3.8) is 0 Å². The highest BCUT2D eigenvalue weighted by atomic mass is 16.4. The fourth-order valence-corrected chi connectivity index (χ4v) is 6.26. The molecule has 5 aromatic rings. The maximum absolute atomic E-state index is 13.3. The van der Waals surface area contributed by atoms with Gasteiger partial charge in [-0.3, -0.25) is 14.4 Å². The first-order valence-electron chi connectivity index (χ1n) is 16.8. The van der Waals surface area contributed by atoms with Gasteiger partial charge < -0.3 is 29.4 Å². The van der Waals surface area contributed by atoms with Crippen molar-refractivity contribution >= 4 is 34.4 Å². The summed E-state index contributed by atoms with van der Waals surface area (Å²) in [5.41, 5.74) is 5.73. The Morgan fingerprint density at radius 2 is 1.84 bits per heavy atom. The van der Waals surface area contributed by atoms with E-state index in [1.54, 1.807) is 11.1 Å². The molecule has 3 amide bonds. The van der Waals surface area contributed by atoms with Crippen LogP contribution in [0.25, 0.3) is 33.8 Å². The lowest BCUT2D eigenvalue weighted by Gasteiger charge is -2.25. The summed E-state index contributed by atoms with van der Waals surface area (Å²) in [6.45, 7) is 5.89. The van der Waals surface area contributed by atoms with Crippen molar-refractivity contribution in [2.75, 3.05) is 39.0 Å². The molecule has 2 aromatic heterocycles. The van der Waals surface area contributed by atoms with Crippen molar-refractivity contribution in [2.24, 2.45) is 0 Å². The number of aromatic amines is 1. The van der Waals surface area contributed by atoms with Gasteiger partial charge in [-0.15, -0.1) is 0 Å². The number of fused-ring (bicyclic) bond motifs is 1. The number of likely N-dealkylation sites (tertiary alicyclic amines) is 1. The number of imidazole rings is 1. The predicted octanol–water partition coefficient (Wildman–Crippen LogP) is 5.67. The zero-order valence-corrected chi connectivity index (χ0v) is 28.5. The Kier molecular flexibility index (Phi) is 10.2. The quantitative estimate of drug-likeness (QED) is 0.177. The molecule has 11 nitrogen and oxygen atoms in total. The highest BCUT2D eigenvalue weighted by Crippen LogP contribution is 2.31. The van der Waals surface area contributed by atoms with E-state index in [-0.39, 0.29) is 24.3 Å². The second kappa shape index (κ2) is 14.9. The number of rotatable bonds is 12. The third-order valence-corrected chi connectivity index (χ3v) is 8.78. The van der Waals surface area contributed by atoms with Crippen LogP contribution in [0.1, 0.15) is 43.1 Å². The molecule has 254 valence electrons. The van der Waals surface area contributed by atoms with Gasteiger partial charge in [0.2, 0.25) is 23.6 Å². The van der Waals surface area contributed by atoms with Crippen molar-refractivity contribution in [3.05, 3.63) is 89.9 Å². The fourth-order valence-electron chi connectivity index (χ4n) is 6.26. The first kappa shape index (κ1) is 33.6. The number of aryl methyl sites for hydroxylation is 1. The molecular weight excluding hydrogens is 618 g/mol. The molecule has 2 N–H and O–H groups in total. The maximum atomic E-state index is 13.3. The Labute approximate surface area is 286 Å². The van der Waals surface area contributed by atoms with Gasteiger partial charge in [-0.1, -0.05) is 43.3 Å². The van der Waals surface area contributed by atoms with Crippen LogP contribution in [0.15, 0.2) is 77.3 Å². The molecule has 1 fully saturated rings. The molecule has 1 atom stereocenters. The van der Waals surface area contributed by atoms with Crippen LogP contribution < -0.4 is 5.32 Å². The summed E-state index contributed by atoms with van der Waals surface area (Å²) in [5, 5.41) is 3.05. The molecule has 0 bridgehead atoms. The molecule has 0 aliphatic carbocycles. The van der Waals surface area contributed by atoms with Crippen LogP contribution >= 0.6 is 0 Å². The molecule has 49 heavy (non-hydrogen) atoms. The highest BCUT2D eigenvalue weighted by Gasteiger charge is 2.34. The second-order valence-corrected chi connectivity index (χ2v) is 12.9. The van der Waals surface area contributed by atoms with Gasteiger partial charge in [-0.05, 0) is 81.7 Å². The third-order valence-electron chi connectivity index (χ3n) is 8.78. The van der Waals surface area contributed by atoms with Crippen LogP contribution in [0.3, 0.4) is 0 Å². The summed E-state index contributed by atoms with van der Waals surface area (Å²) >= 11 is 0. The molecule has 1 aliphatic heterocycles. The minimum absolute atomic E-state index is 0.0441. The molecule has 1 saturated heterocycles. The van der Waals surface area contributed by atoms with Gasteiger partial charge in [0.05, 0.1) is 36.7 Å². The van der Waals surface area contributed by atoms with Crippen molar-refractivity contribution in [3.8, 4) is 22.8 Å². The number of hydrogen-bond acceptors (Lipinski definition) is 7. The Morgan fingerprint density at radius 3 is 2.61 bits per heavy atom. The van der Waals surface area contributed by atoms with E-state index in [9.17, 15) is 14.4 Å². The van der Waals surface area contributed by atoms with E-state index >= 15 is 0 Å². The van der Waals surface area contributed by atoms with Crippen LogP contribution in [-0.2, 0) is 27.3 Å². The number of amides is 3. The lowest BCUT2D eigenvalue weighted by molar-refractivity contribution is -0.137. The minimum Gasteiger partial charge on any atom is -0.436 e. The largest absolute Gasteiger partial charge is 0.436 e. The van der Waals surface area contributed by atoms with Crippen molar-refractivity contribution in [2.45, 2.75) is 52.1 Å². The number of H-pyrrole nitrogens is 1. The smallest absolute Gasteiger partial charge is 0.247 e. The molecule has 3 heterocycles. The van der Waals surface area contributed by atoms with E-state index in [1.807, 2.05) is 97.5 Å². The van der Waals surface area contributed by atoms with E-state index in [1.165, 1.54) is 0 Å². The normalized spacial score (nSPS) is 14.5. The molecular formula is C38H43N7O4. The summed E-state index contributed by atoms with van der Waals surface area (Å²) < 4.78 is 6.21. The molecule has 0 unspecified atom stereocenters. The number of benzene rings is 3. The van der Waals surface area contributed by atoms with Gasteiger partial charge >= 0.3 is 0 Å². The number of aromatic nitrogens is 3. The molecule has 0 spiro atoms. The van der Waals surface area contributed by atoms with Crippen LogP contribution in [-0.4, -0.2) is 87.1 Å². The van der Waals surface area contributed by atoms with Crippen molar-refractivity contribution < 1.29 is 18.8 Å². The van der Waals surface area contributed by atoms with E-state index < -0.39 is 6.04 Å². The average molecular weight is 662 g/mol. The fraction of sp³-hybridized carbons (Fsp3) is 0.342. The average Bonchev–Trinajstić information content (AvgIpc) is 3.85. The number of carbonyl (C=O) groups excluding carboxylic acids is 3. The van der Waals surface area contributed by atoms with E-state index in [2.05, 4.69) is 22.2 Å². The topological polar surface area (TPSA) is 128 Å². The van der Waals surface area contributed by atoms with Gasteiger partial charge in [-0.2, -0.15) is 0 Å². The third kappa shape index (κ3) is 7.89. The van der Waals surface area contributed by atoms with Gasteiger partial charge in [0.25, 0.3) is 0 Å². The van der Waals surface area contributed by atoms with Crippen LogP contribution in [0.4, 0.5) is 5.69 Å². The van der Waals surface area contributed by atoms with Crippen LogP contribution in [0, 0.1) is 6.92 Å². The summed E-state index contributed by atoms with van der Waals surface area (Å²) in [4.78, 5) is 57.2. The Bertz CT molecular complexity index is 1950. The van der Waals surface area contributed by atoms with E-state index in [4.69, 9.17) is 9.40 Å². The number of hydrogen-bond donors (Lipinski definition) is 2. The lowest BCUT2D eigenvalue weighted by Crippen LogP contribution is -2.46. The van der Waals surface area contributed by atoms with E-state index in [0.29, 0.717) is 49.8 Å². The number of nitrogens with one attached hydrogen (secondary N) is 2. The Hall–Kier alpha value is -5.29.